The fourth-order valence-corrected chi connectivity index (χ4v) is 2.41. The quantitative estimate of drug-likeness (QED) is 0.702. The number of halogens is 1. The second-order valence-corrected chi connectivity index (χ2v) is 5.28. The van der Waals surface area contributed by atoms with Crippen LogP contribution in [0.3, 0.4) is 0 Å². The second kappa shape index (κ2) is 6.54. The normalized spacial score (nSPS) is 10.6. The zero-order valence-corrected chi connectivity index (χ0v) is 12.5. The van der Waals surface area contributed by atoms with Gasteiger partial charge < -0.3 is 13.7 Å². The van der Waals surface area contributed by atoms with Gasteiger partial charge in [0.2, 0.25) is 0 Å². The molecule has 3 aromatic rings. The number of hydrogen-bond acceptors (Lipinski definition) is 3. The molecular weight excluding hydrogens is 302 g/mol. The Morgan fingerprint density at radius 1 is 1.00 bits per heavy atom. The molecule has 0 N–H and O–H groups in total. The van der Waals surface area contributed by atoms with E-state index in [9.17, 15) is 4.79 Å². The smallest absolute Gasteiger partial charge is 0.290 e. The molecular formula is C17H14ClNO3. The summed E-state index contributed by atoms with van der Waals surface area (Å²) >= 11 is 6.01. The van der Waals surface area contributed by atoms with Gasteiger partial charge in [-0.3, -0.25) is 4.79 Å². The number of rotatable bonds is 5. The third-order valence-corrected chi connectivity index (χ3v) is 3.44. The lowest BCUT2D eigenvalue weighted by Gasteiger charge is -2.20. The van der Waals surface area contributed by atoms with Crippen LogP contribution < -0.4 is 0 Å². The molecule has 0 fully saturated rings. The van der Waals surface area contributed by atoms with Crippen molar-refractivity contribution in [3.8, 4) is 0 Å². The molecule has 5 heteroatoms. The summed E-state index contributed by atoms with van der Waals surface area (Å²) in [7, 11) is 0. The van der Waals surface area contributed by atoms with Gasteiger partial charge in [-0.1, -0.05) is 23.7 Å². The first-order valence-electron chi connectivity index (χ1n) is 6.82. The van der Waals surface area contributed by atoms with Crippen molar-refractivity contribution in [2.45, 2.75) is 13.1 Å². The van der Waals surface area contributed by atoms with Gasteiger partial charge in [0.1, 0.15) is 5.76 Å². The Bertz CT molecular complexity index is 735. The van der Waals surface area contributed by atoms with Crippen molar-refractivity contribution in [2.24, 2.45) is 0 Å². The predicted molar refractivity (Wildman–Crippen MR) is 82.4 cm³/mol. The van der Waals surface area contributed by atoms with E-state index >= 15 is 0 Å². The molecule has 0 aliphatic heterocycles. The molecule has 0 saturated carbocycles. The van der Waals surface area contributed by atoms with Crippen LogP contribution >= 0.6 is 11.6 Å². The molecule has 0 bridgehead atoms. The molecule has 0 aliphatic carbocycles. The maximum Gasteiger partial charge on any atom is 0.290 e. The van der Waals surface area contributed by atoms with Gasteiger partial charge >= 0.3 is 0 Å². The van der Waals surface area contributed by atoms with Crippen molar-refractivity contribution in [1.82, 2.24) is 4.90 Å². The standard InChI is InChI=1S/C17H14ClNO3/c18-14-5-1-4-13(10-14)11-19(12-15-6-2-8-21-15)17(20)16-7-3-9-22-16/h1-10H,11-12H2. The van der Waals surface area contributed by atoms with Gasteiger partial charge in [0.25, 0.3) is 5.91 Å². The molecule has 0 unspecified atom stereocenters. The molecule has 3 rings (SSSR count). The summed E-state index contributed by atoms with van der Waals surface area (Å²) < 4.78 is 10.6. The largest absolute Gasteiger partial charge is 0.467 e. The second-order valence-electron chi connectivity index (χ2n) is 4.85. The maximum atomic E-state index is 12.6. The molecule has 0 atom stereocenters. The number of benzene rings is 1. The van der Waals surface area contributed by atoms with Crippen molar-refractivity contribution in [3.05, 3.63) is 83.2 Å². The Morgan fingerprint density at radius 2 is 1.82 bits per heavy atom. The highest BCUT2D eigenvalue weighted by molar-refractivity contribution is 6.30. The number of amides is 1. The van der Waals surface area contributed by atoms with Crippen molar-refractivity contribution < 1.29 is 13.6 Å². The molecule has 4 nitrogen and oxygen atoms in total. The van der Waals surface area contributed by atoms with Crippen LogP contribution in [0.1, 0.15) is 21.9 Å². The summed E-state index contributed by atoms with van der Waals surface area (Å²) in [5.74, 6) is 0.817. The Kier molecular flexibility index (Phi) is 4.30. The third-order valence-electron chi connectivity index (χ3n) is 3.21. The van der Waals surface area contributed by atoms with Crippen LogP contribution in [0, 0.1) is 0 Å². The summed E-state index contributed by atoms with van der Waals surface area (Å²) in [6, 6.07) is 14.4. The zero-order valence-electron chi connectivity index (χ0n) is 11.7. The Labute approximate surface area is 132 Å². The first-order chi connectivity index (χ1) is 10.7. The molecule has 1 aromatic carbocycles. The van der Waals surface area contributed by atoms with Crippen LogP contribution in [0.15, 0.2) is 69.9 Å². The van der Waals surface area contributed by atoms with E-state index in [2.05, 4.69) is 0 Å². The number of carbonyl (C=O) groups excluding carboxylic acids is 1. The highest BCUT2D eigenvalue weighted by atomic mass is 35.5. The van der Waals surface area contributed by atoms with E-state index in [0.717, 1.165) is 5.56 Å². The topological polar surface area (TPSA) is 46.6 Å². The molecule has 0 spiro atoms. The highest BCUT2D eigenvalue weighted by Crippen LogP contribution is 2.17. The monoisotopic (exact) mass is 315 g/mol. The molecule has 0 aliphatic rings. The van der Waals surface area contributed by atoms with Gasteiger partial charge in [-0.05, 0) is 42.0 Å². The molecule has 1 amide bonds. The third kappa shape index (κ3) is 3.40. The zero-order chi connectivity index (χ0) is 15.4. The van der Waals surface area contributed by atoms with Gasteiger partial charge in [-0.15, -0.1) is 0 Å². The number of hydrogen-bond donors (Lipinski definition) is 0. The minimum absolute atomic E-state index is 0.193. The highest BCUT2D eigenvalue weighted by Gasteiger charge is 2.20. The average molecular weight is 316 g/mol. The molecule has 0 radical (unpaired) electrons. The molecule has 22 heavy (non-hydrogen) atoms. The SMILES string of the molecule is O=C(c1ccco1)N(Cc1cccc(Cl)c1)Cc1ccco1. The number of nitrogens with zero attached hydrogens (tertiary/aromatic N) is 1. The minimum Gasteiger partial charge on any atom is -0.467 e. The minimum atomic E-state index is -0.193. The van der Waals surface area contributed by atoms with Crippen LogP contribution in [-0.4, -0.2) is 10.8 Å². The summed E-state index contributed by atoms with van der Waals surface area (Å²) in [4.78, 5) is 14.2. The summed E-state index contributed by atoms with van der Waals surface area (Å²) in [6.07, 6.45) is 3.07. The number of furan rings is 2. The van der Waals surface area contributed by atoms with Crippen LogP contribution in [0.2, 0.25) is 5.02 Å². The van der Waals surface area contributed by atoms with Crippen molar-refractivity contribution in [1.29, 1.82) is 0 Å². The average Bonchev–Trinajstić information content (AvgIpc) is 3.19. The van der Waals surface area contributed by atoms with Gasteiger partial charge in [-0.2, -0.15) is 0 Å². The van der Waals surface area contributed by atoms with E-state index < -0.39 is 0 Å². The van der Waals surface area contributed by atoms with Gasteiger partial charge in [0, 0.05) is 11.6 Å². The van der Waals surface area contributed by atoms with Gasteiger partial charge in [-0.25, -0.2) is 0 Å². The summed E-state index contributed by atoms with van der Waals surface area (Å²) in [6.45, 7) is 0.778. The van der Waals surface area contributed by atoms with Crippen LogP contribution in [0.25, 0.3) is 0 Å². The predicted octanol–water partition coefficient (Wildman–Crippen LogP) is 4.37. The Morgan fingerprint density at radius 3 is 2.50 bits per heavy atom. The molecule has 112 valence electrons. The van der Waals surface area contributed by atoms with E-state index in [0.29, 0.717) is 29.6 Å². The van der Waals surface area contributed by atoms with Crippen LogP contribution in [0.5, 0.6) is 0 Å². The van der Waals surface area contributed by atoms with Crippen molar-refractivity contribution >= 4 is 17.5 Å². The van der Waals surface area contributed by atoms with E-state index in [-0.39, 0.29) is 5.91 Å². The summed E-state index contributed by atoms with van der Waals surface area (Å²) in [5.41, 5.74) is 0.943. The van der Waals surface area contributed by atoms with E-state index in [4.69, 9.17) is 20.4 Å². The summed E-state index contributed by atoms with van der Waals surface area (Å²) in [5, 5.41) is 0.640. The lowest BCUT2D eigenvalue weighted by Crippen LogP contribution is -2.29. The van der Waals surface area contributed by atoms with E-state index in [1.165, 1.54) is 6.26 Å². The van der Waals surface area contributed by atoms with Crippen LogP contribution in [0.4, 0.5) is 0 Å². The van der Waals surface area contributed by atoms with E-state index in [1.54, 1.807) is 35.4 Å². The lowest BCUT2D eigenvalue weighted by atomic mass is 10.2. The molecule has 2 aromatic heterocycles. The van der Waals surface area contributed by atoms with Crippen molar-refractivity contribution in [3.63, 3.8) is 0 Å². The maximum absolute atomic E-state index is 12.6. The Balaban J connectivity index is 1.83. The fraction of sp³-hybridized carbons (Fsp3) is 0.118. The lowest BCUT2D eigenvalue weighted by molar-refractivity contribution is 0.0685. The first kappa shape index (κ1) is 14.5. The van der Waals surface area contributed by atoms with Crippen molar-refractivity contribution in [2.75, 3.05) is 0 Å². The fourth-order valence-electron chi connectivity index (χ4n) is 2.20. The first-order valence-corrected chi connectivity index (χ1v) is 7.20. The van der Waals surface area contributed by atoms with Gasteiger partial charge in [0.15, 0.2) is 5.76 Å². The van der Waals surface area contributed by atoms with Crippen LogP contribution in [-0.2, 0) is 13.1 Å². The Hall–Kier alpha value is -2.46. The molecule has 0 saturated heterocycles. The molecule has 2 heterocycles. The van der Waals surface area contributed by atoms with E-state index in [1.807, 2.05) is 24.3 Å². The van der Waals surface area contributed by atoms with Gasteiger partial charge in [0.05, 0.1) is 19.1 Å². The number of carbonyl (C=O) groups is 1.